The minimum absolute atomic E-state index is 0.584. The molecule has 0 fully saturated rings. The van der Waals surface area contributed by atoms with Gasteiger partial charge in [0.15, 0.2) is 11.5 Å². The van der Waals surface area contributed by atoms with Gasteiger partial charge in [0.05, 0.1) is 21.3 Å². The zero-order valence-corrected chi connectivity index (χ0v) is 12.4. The number of methoxy groups -OCH3 is 3. The second kappa shape index (κ2) is 6.70. The molecule has 0 saturated carbocycles. The van der Waals surface area contributed by atoms with Crippen LogP contribution in [-0.4, -0.2) is 21.3 Å². The highest BCUT2D eigenvalue weighted by molar-refractivity contribution is 5.73. The highest BCUT2D eigenvalue weighted by atomic mass is 16.5. The van der Waals surface area contributed by atoms with Gasteiger partial charge in [-0.2, -0.15) is 0 Å². The summed E-state index contributed by atoms with van der Waals surface area (Å²) < 4.78 is 16.0. The summed E-state index contributed by atoms with van der Waals surface area (Å²) in [5.41, 5.74) is 8.49. The van der Waals surface area contributed by atoms with Crippen molar-refractivity contribution in [1.82, 2.24) is 0 Å². The lowest BCUT2D eigenvalue weighted by atomic mass is 10.1. The standard InChI is InChI=1S/C17H19NO3/c1-19-15-10-13(11-16(20-2)17(15)21-3)8-7-12-5-4-6-14(18)9-12/h4-11H,18H2,1-3H3/b8-7-. The maximum atomic E-state index is 5.77. The summed E-state index contributed by atoms with van der Waals surface area (Å²) in [5.74, 6) is 1.84. The fraction of sp³-hybridized carbons (Fsp3) is 0.176. The molecule has 0 aliphatic carbocycles. The lowest BCUT2D eigenvalue weighted by Gasteiger charge is -2.12. The minimum atomic E-state index is 0.584. The number of anilines is 1. The van der Waals surface area contributed by atoms with E-state index in [4.69, 9.17) is 19.9 Å². The van der Waals surface area contributed by atoms with E-state index in [0.717, 1.165) is 16.8 Å². The first kappa shape index (κ1) is 14.8. The van der Waals surface area contributed by atoms with E-state index in [1.807, 2.05) is 48.6 Å². The number of benzene rings is 2. The molecule has 21 heavy (non-hydrogen) atoms. The minimum Gasteiger partial charge on any atom is -0.493 e. The van der Waals surface area contributed by atoms with E-state index in [9.17, 15) is 0 Å². The van der Waals surface area contributed by atoms with E-state index in [0.29, 0.717) is 17.2 Å². The second-order valence-electron chi connectivity index (χ2n) is 4.46. The van der Waals surface area contributed by atoms with Crippen LogP contribution in [-0.2, 0) is 0 Å². The molecule has 2 aromatic rings. The van der Waals surface area contributed by atoms with Crippen LogP contribution in [0.4, 0.5) is 5.69 Å². The van der Waals surface area contributed by atoms with Crippen LogP contribution < -0.4 is 19.9 Å². The van der Waals surface area contributed by atoms with Crippen LogP contribution in [0.5, 0.6) is 17.2 Å². The summed E-state index contributed by atoms with van der Waals surface area (Å²) in [6.45, 7) is 0. The molecule has 0 amide bonds. The van der Waals surface area contributed by atoms with Gasteiger partial charge in [-0.1, -0.05) is 24.3 Å². The molecular formula is C17H19NO3. The van der Waals surface area contributed by atoms with E-state index < -0.39 is 0 Å². The van der Waals surface area contributed by atoms with Crippen molar-refractivity contribution in [2.24, 2.45) is 0 Å². The number of nitrogen functional groups attached to an aromatic ring is 1. The van der Waals surface area contributed by atoms with Crippen LogP contribution in [0.3, 0.4) is 0 Å². The molecule has 2 aromatic carbocycles. The maximum absolute atomic E-state index is 5.77. The highest BCUT2D eigenvalue weighted by Crippen LogP contribution is 2.38. The molecule has 0 aliphatic rings. The molecule has 2 N–H and O–H groups in total. The monoisotopic (exact) mass is 285 g/mol. The van der Waals surface area contributed by atoms with Gasteiger partial charge in [-0.05, 0) is 35.4 Å². The quantitative estimate of drug-likeness (QED) is 0.675. The van der Waals surface area contributed by atoms with Crippen LogP contribution in [0.15, 0.2) is 36.4 Å². The lowest BCUT2D eigenvalue weighted by molar-refractivity contribution is 0.324. The third kappa shape index (κ3) is 3.48. The van der Waals surface area contributed by atoms with E-state index in [-0.39, 0.29) is 0 Å². The first-order valence-corrected chi connectivity index (χ1v) is 6.51. The molecule has 4 nitrogen and oxygen atoms in total. The van der Waals surface area contributed by atoms with Crippen molar-refractivity contribution in [2.45, 2.75) is 0 Å². The van der Waals surface area contributed by atoms with Crippen LogP contribution >= 0.6 is 0 Å². The van der Waals surface area contributed by atoms with Gasteiger partial charge in [0.25, 0.3) is 0 Å². The SMILES string of the molecule is COc1cc(/C=C\c2cccc(N)c2)cc(OC)c1OC. The molecule has 0 aromatic heterocycles. The summed E-state index contributed by atoms with van der Waals surface area (Å²) in [7, 11) is 4.79. The molecule has 0 unspecified atom stereocenters. The largest absolute Gasteiger partial charge is 0.493 e. The van der Waals surface area contributed by atoms with Crippen molar-refractivity contribution in [3.05, 3.63) is 47.5 Å². The van der Waals surface area contributed by atoms with Gasteiger partial charge in [0.1, 0.15) is 0 Å². The molecule has 110 valence electrons. The van der Waals surface area contributed by atoms with Gasteiger partial charge in [-0.25, -0.2) is 0 Å². The Labute approximate surface area is 124 Å². The normalized spacial score (nSPS) is 10.6. The molecule has 0 heterocycles. The Kier molecular flexibility index (Phi) is 4.72. The Bertz CT molecular complexity index is 625. The molecular weight excluding hydrogens is 266 g/mol. The number of nitrogens with two attached hydrogens (primary N) is 1. The zero-order valence-electron chi connectivity index (χ0n) is 12.4. The van der Waals surface area contributed by atoms with Crippen molar-refractivity contribution in [2.75, 3.05) is 27.1 Å². The lowest BCUT2D eigenvalue weighted by Crippen LogP contribution is -1.95. The van der Waals surface area contributed by atoms with Gasteiger partial charge >= 0.3 is 0 Å². The molecule has 2 rings (SSSR count). The van der Waals surface area contributed by atoms with Crippen LogP contribution in [0.25, 0.3) is 12.2 Å². The van der Waals surface area contributed by atoms with Gasteiger partial charge in [0.2, 0.25) is 5.75 Å². The topological polar surface area (TPSA) is 53.7 Å². The third-order valence-corrected chi connectivity index (χ3v) is 3.07. The van der Waals surface area contributed by atoms with E-state index in [1.165, 1.54) is 0 Å². The highest BCUT2D eigenvalue weighted by Gasteiger charge is 2.11. The van der Waals surface area contributed by atoms with Crippen molar-refractivity contribution < 1.29 is 14.2 Å². The predicted molar refractivity (Wildman–Crippen MR) is 85.9 cm³/mol. The first-order valence-electron chi connectivity index (χ1n) is 6.51. The van der Waals surface area contributed by atoms with Crippen molar-refractivity contribution in [3.63, 3.8) is 0 Å². The Balaban J connectivity index is 2.36. The maximum Gasteiger partial charge on any atom is 0.203 e. The fourth-order valence-corrected chi connectivity index (χ4v) is 2.05. The van der Waals surface area contributed by atoms with Crippen LogP contribution in [0.1, 0.15) is 11.1 Å². The average Bonchev–Trinajstić information content (AvgIpc) is 2.51. The number of rotatable bonds is 5. The Hall–Kier alpha value is -2.62. The van der Waals surface area contributed by atoms with E-state index in [1.54, 1.807) is 21.3 Å². The van der Waals surface area contributed by atoms with Gasteiger partial charge < -0.3 is 19.9 Å². The van der Waals surface area contributed by atoms with Crippen molar-refractivity contribution in [3.8, 4) is 17.2 Å². The van der Waals surface area contributed by atoms with Crippen LogP contribution in [0, 0.1) is 0 Å². The molecule has 0 atom stereocenters. The summed E-state index contributed by atoms with van der Waals surface area (Å²) in [6.07, 6.45) is 3.95. The molecule has 0 radical (unpaired) electrons. The van der Waals surface area contributed by atoms with Crippen LogP contribution in [0.2, 0.25) is 0 Å². The Morgan fingerprint density at radius 2 is 1.43 bits per heavy atom. The predicted octanol–water partition coefficient (Wildman–Crippen LogP) is 3.47. The van der Waals surface area contributed by atoms with E-state index >= 15 is 0 Å². The van der Waals surface area contributed by atoms with Gasteiger partial charge in [-0.3, -0.25) is 0 Å². The number of hydrogen-bond donors (Lipinski definition) is 1. The molecule has 0 saturated heterocycles. The average molecular weight is 285 g/mol. The second-order valence-corrected chi connectivity index (χ2v) is 4.46. The summed E-state index contributed by atoms with van der Waals surface area (Å²) in [4.78, 5) is 0. The van der Waals surface area contributed by atoms with E-state index in [2.05, 4.69) is 0 Å². The Morgan fingerprint density at radius 1 is 0.810 bits per heavy atom. The summed E-state index contributed by atoms with van der Waals surface area (Å²) in [5, 5.41) is 0. The third-order valence-electron chi connectivity index (χ3n) is 3.07. The summed E-state index contributed by atoms with van der Waals surface area (Å²) in [6, 6.07) is 11.5. The van der Waals surface area contributed by atoms with Crippen molar-refractivity contribution in [1.29, 1.82) is 0 Å². The summed E-state index contributed by atoms with van der Waals surface area (Å²) >= 11 is 0. The number of hydrogen-bond acceptors (Lipinski definition) is 4. The van der Waals surface area contributed by atoms with Gasteiger partial charge in [0, 0.05) is 5.69 Å². The van der Waals surface area contributed by atoms with Gasteiger partial charge in [-0.15, -0.1) is 0 Å². The Morgan fingerprint density at radius 3 is 1.95 bits per heavy atom. The fourth-order valence-electron chi connectivity index (χ4n) is 2.05. The smallest absolute Gasteiger partial charge is 0.203 e. The molecule has 0 aliphatic heterocycles. The van der Waals surface area contributed by atoms with Crippen molar-refractivity contribution >= 4 is 17.8 Å². The molecule has 0 spiro atoms. The number of ether oxygens (including phenoxy) is 3. The first-order chi connectivity index (χ1) is 10.2. The zero-order chi connectivity index (χ0) is 15.2. The molecule has 0 bridgehead atoms. The molecule has 4 heteroatoms.